The van der Waals surface area contributed by atoms with Crippen LogP contribution in [0.1, 0.15) is 17.5 Å². The van der Waals surface area contributed by atoms with Crippen molar-refractivity contribution in [3.63, 3.8) is 0 Å². The molecule has 0 aliphatic carbocycles. The minimum Gasteiger partial charge on any atom is -0.367 e. The lowest BCUT2D eigenvalue weighted by atomic mass is 10.0. The summed E-state index contributed by atoms with van der Waals surface area (Å²) >= 11 is 0. The minimum absolute atomic E-state index is 0.0478. The van der Waals surface area contributed by atoms with Crippen molar-refractivity contribution >= 4 is 11.9 Å². The van der Waals surface area contributed by atoms with Crippen LogP contribution in [0, 0.1) is 0 Å². The predicted molar refractivity (Wildman–Crippen MR) is 74.6 cm³/mol. The van der Waals surface area contributed by atoms with Gasteiger partial charge in [0.15, 0.2) is 0 Å². The van der Waals surface area contributed by atoms with Crippen molar-refractivity contribution in [3.05, 3.63) is 41.7 Å². The van der Waals surface area contributed by atoms with Crippen LogP contribution in [0.15, 0.2) is 30.6 Å². The number of hydrogen-bond donors (Lipinski definition) is 1. The van der Waals surface area contributed by atoms with Crippen LogP contribution in [0.4, 0.5) is 5.95 Å². The molecule has 2 aromatic rings. The highest BCUT2D eigenvalue weighted by Crippen LogP contribution is 2.18. The van der Waals surface area contributed by atoms with Crippen molar-refractivity contribution in [2.45, 2.75) is 25.9 Å². The molecule has 104 valence electrons. The highest BCUT2D eigenvalue weighted by Gasteiger charge is 2.19. The maximum Gasteiger partial charge on any atom is 0.244 e. The molecule has 6 heteroatoms. The fraction of sp³-hybridized carbons (Fsp3) is 0.357. The van der Waals surface area contributed by atoms with Gasteiger partial charge in [-0.2, -0.15) is 0 Å². The van der Waals surface area contributed by atoms with Crippen molar-refractivity contribution in [1.82, 2.24) is 19.7 Å². The molecule has 1 aliphatic heterocycles. The Labute approximate surface area is 117 Å². The fourth-order valence-electron chi connectivity index (χ4n) is 2.54. The van der Waals surface area contributed by atoms with E-state index in [4.69, 9.17) is 5.73 Å². The number of anilines is 1. The summed E-state index contributed by atoms with van der Waals surface area (Å²) in [5.41, 5.74) is 8.03. The monoisotopic (exact) mass is 271 g/mol. The highest BCUT2D eigenvalue weighted by atomic mass is 16.2. The number of rotatable bonds is 2. The third-order valence-electron chi connectivity index (χ3n) is 3.56. The molecule has 1 aromatic carbocycles. The van der Waals surface area contributed by atoms with E-state index >= 15 is 0 Å². The van der Waals surface area contributed by atoms with Gasteiger partial charge in [-0.15, -0.1) is 5.10 Å². The molecule has 0 bridgehead atoms. The second-order valence-corrected chi connectivity index (χ2v) is 4.99. The topological polar surface area (TPSA) is 77.0 Å². The SMILES string of the molecule is Nc1ncn(CC(=O)N2CCCc3ccccc3C2)n1. The maximum absolute atomic E-state index is 12.3. The summed E-state index contributed by atoms with van der Waals surface area (Å²) in [7, 11) is 0. The fourth-order valence-corrected chi connectivity index (χ4v) is 2.54. The van der Waals surface area contributed by atoms with Gasteiger partial charge in [-0.05, 0) is 24.0 Å². The van der Waals surface area contributed by atoms with Crippen LogP contribution in [0.3, 0.4) is 0 Å². The highest BCUT2D eigenvalue weighted by molar-refractivity contribution is 5.76. The average Bonchev–Trinajstić information content (AvgIpc) is 2.74. The number of nitrogen functional groups attached to an aromatic ring is 1. The van der Waals surface area contributed by atoms with Crippen molar-refractivity contribution in [2.24, 2.45) is 0 Å². The van der Waals surface area contributed by atoms with Crippen molar-refractivity contribution in [1.29, 1.82) is 0 Å². The van der Waals surface area contributed by atoms with Gasteiger partial charge in [-0.25, -0.2) is 9.67 Å². The Morgan fingerprint density at radius 2 is 2.10 bits per heavy atom. The zero-order valence-electron chi connectivity index (χ0n) is 11.2. The lowest BCUT2D eigenvalue weighted by molar-refractivity contribution is -0.132. The van der Waals surface area contributed by atoms with E-state index in [0.717, 1.165) is 19.4 Å². The Morgan fingerprint density at radius 1 is 1.30 bits per heavy atom. The largest absolute Gasteiger partial charge is 0.367 e. The molecule has 6 nitrogen and oxygen atoms in total. The molecule has 0 atom stereocenters. The summed E-state index contributed by atoms with van der Waals surface area (Å²) in [5.74, 6) is 0.241. The Hall–Kier alpha value is -2.37. The van der Waals surface area contributed by atoms with E-state index in [0.29, 0.717) is 6.54 Å². The van der Waals surface area contributed by atoms with Gasteiger partial charge in [0.25, 0.3) is 0 Å². The van der Waals surface area contributed by atoms with Crippen molar-refractivity contribution in [3.8, 4) is 0 Å². The number of aromatic nitrogens is 3. The third kappa shape index (κ3) is 2.64. The molecule has 1 aromatic heterocycles. The van der Waals surface area contributed by atoms with E-state index in [2.05, 4.69) is 28.3 Å². The van der Waals surface area contributed by atoms with Crippen LogP contribution in [-0.2, 0) is 24.3 Å². The van der Waals surface area contributed by atoms with Gasteiger partial charge < -0.3 is 10.6 Å². The molecule has 1 amide bonds. The van der Waals surface area contributed by atoms with Crippen LogP contribution < -0.4 is 5.73 Å². The first-order valence-electron chi connectivity index (χ1n) is 6.72. The van der Waals surface area contributed by atoms with Gasteiger partial charge in [0.05, 0.1) is 0 Å². The molecule has 1 aliphatic rings. The van der Waals surface area contributed by atoms with Gasteiger partial charge in [-0.1, -0.05) is 24.3 Å². The molecular weight excluding hydrogens is 254 g/mol. The number of carbonyl (C=O) groups excluding carboxylic acids is 1. The average molecular weight is 271 g/mol. The van der Waals surface area contributed by atoms with E-state index in [1.807, 2.05) is 11.0 Å². The van der Waals surface area contributed by atoms with E-state index < -0.39 is 0 Å². The molecule has 0 saturated carbocycles. The van der Waals surface area contributed by atoms with Crippen LogP contribution >= 0.6 is 0 Å². The van der Waals surface area contributed by atoms with E-state index in [1.54, 1.807) is 0 Å². The molecule has 0 saturated heterocycles. The Balaban J connectivity index is 1.72. The number of aryl methyl sites for hydroxylation is 1. The molecule has 2 N–H and O–H groups in total. The van der Waals surface area contributed by atoms with Crippen LogP contribution in [-0.4, -0.2) is 32.1 Å². The second kappa shape index (κ2) is 5.32. The molecule has 3 rings (SSSR count). The summed E-state index contributed by atoms with van der Waals surface area (Å²) in [6.45, 7) is 1.63. The number of carbonyl (C=O) groups is 1. The molecule has 2 heterocycles. The lowest BCUT2D eigenvalue weighted by Gasteiger charge is -2.20. The molecule has 0 spiro atoms. The third-order valence-corrected chi connectivity index (χ3v) is 3.56. The Morgan fingerprint density at radius 3 is 2.85 bits per heavy atom. The normalized spacial score (nSPS) is 14.7. The Bertz CT molecular complexity index is 622. The van der Waals surface area contributed by atoms with Crippen molar-refractivity contribution < 1.29 is 4.79 Å². The zero-order valence-corrected chi connectivity index (χ0v) is 11.2. The van der Waals surface area contributed by atoms with Gasteiger partial charge in [0, 0.05) is 13.1 Å². The second-order valence-electron chi connectivity index (χ2n) is 4.99. The van der Waals surface area contributed by atoms with E-state index in [-0.39, 0.29) is 18.4 Å². The number of hydrogen-bond acceptors (Lipinski definition) is 4. The maximum atomic E-state index is 12.3. The summed E-state index contributed by atoms with van der Waals surface area (Å²) in [6.07, 6.45) is 3.50. The number of benzene rings is 1. The molecule has 0 fully saturated rings. The number of fused-ring (bicyclic) bond motifs is 1. The Kier molecular flexibility index (Phi) is 3.37. The minimum atomic E-state index is 0.0478. The van der Waals surface area contributed by atoms with Crippen LogP contribution in [0.5, 0.6) is 0 Å². The summed E-state index contributed by atoms with van der Waals surface area (Å²) in [4.78, 5) is 18.0. The lowest BCUT2D eigenvalue weighted by Crippen LogP contribution is -2.33. The number of nitrogens with zero attached hydrogens (tertiary/aromatic N) is 4. The molecule has 0 radical (unpaired) electrons. The van der Waals surface area contributed by atoms with Crippen molar-refractivity contribution in [2.75, 3.05) is 12.3 Å². The first kappa shape index (κ1) is 12.7. The standard InChI is InChI=1S/C14H17N5O/c15-14-16-10-19(17-14)9-13(20)18-7-3-6-11-4-1-2-5-12(11)8-18/h1-2,4-5,10H,3,6-9H2,(H2,15,17). The van der Waals surface area contributed by atoms with Gasteiger partial charge in [0.2, 0.25) is 11.9 Å². The predicted octanol–water partition coefficient (Wildman–Crippen LogP) is 0.835. The molecule has 20 heavy (non-hydrogen) atoms. The van der Waals surface area contributed by atoms with Gasteiger partial charge in [-0.3, -0.25) is 4.79 Å². The quantitative estimate of drug-likeness (QED) is 0.878. The zero-order chi connectivity index (χ0) is 13.9. The van der Waals surface area contributed by atoms with E-state index in [1.165, 1.54) is 22.1 Å². The summed E-state index contributed by atoms with van der Waals surface area (Å²) in [6, 6.07) is 8.30. The number of nitrogens with two attached hydrogens (primary N) is 1. The van der Waals surface area contributed by atoms with Gasteiger partial charge in [0.1, 0.15) is 12.9 Å². The molecule has 0 unspecified atom stereocenters. The smallest absolute Gasteiger partial charge is 0.244 e. The van der Waals surface area contributed by atoms with Crippen LogP contribution in [0.25, 0.3) is 0 Å². The first-order valence-corrected chi connectivity index (χ1v) is 6.72. The van der Waals surface area contributed by atoms with Crippen LogP contribution in [0.2, 0.25) is 0 Å². The summed E-state index contributed by atoms with van der Waals surface area (Å²) in [5, 5.41) is 3.95. The van der Waals surface area contributed by atoms with E-state index in [9.17, 15) is 4.79 Å². The van der Waals surface area contributed by atoms with Gasteiger partial charge >= 0.3 is 0 Å². The number of amides is 1. The molecular formula is C14H17N5O. The summed E-state index contributed by atoms with van der Waals surface area (Å²) < 4.78 is 1.48. The first-order chi connectivity index (χ1) is 9.72.